The smallest absolute Gasteiger partial charge is 0.196 e. The number of carbonyl (C=O) groups is 1. The molecule has 0 bridgehead atoms. The summed E-state index contributed by atoms with van der Waals surface area (Å²) in [6.45, 7) is 1.56. The average molecular weight is 279 g/mol. The molecule has 19 heavy (non-hydrogen) atoms. The van der Waals surface area contributed by atoms with Crippen molar-refractivity contribution in [3.63, 3.8) is 0 Å². The Morgan fingerprint density at radius 2 is 1.84 bits per heavy atom. The zero-order chi connectivity index (χ0) is 14.2. The predicted octanol–water partition coefficient (Wildman–Crippen LogP) is 3.18. The highest BCUT2D eigenvalue weighted by Crippen LogP contribution is 2.26. The molecular weight excluding hydrogens is 267 g/mol. The standard InChI is InChI=1S/C14H12ClFN2O/c1-7-4-10(11(15)6-12(7)16)14(19)9-3-2-8(17)5-13(9)18/h2-6H,17-18H2,1H3. The summed E-state index contributed by atoms with van der Waals surface area (Å²) in [4.78, 5) is 12.3. The van der Waals surface area contributed by atoms with Gasteiger partial charge in [0.25, 0.3) is 0 Å². The van der Waals surface area contributed by atoms with Crippen LogP contribution in [0.25, 0.3) is 0 Å². The molecule has 0 aliphatic heterocycles. The van der Waals surface area contributed by atoms with E-state index in [2.05, 4.69) is 0 Å². The van der Waals surface area contributed by atoms with E-state index in [9.17, 15) is 9.18 Å². The second-order valence-corrected chi connectivity index (χ2v) is 4.66. The second-order valence-electron chi connectivity index (χ2n) is 4.26. The Morgan fingerprint density at radius 1 is 1.16 bits per heavy atom. The molecule has 0 radical (unpaired) electrons. The molecule has 0 aromatic heterocycles. The van der Waals surface area contributed by atoms with Crippen molar-refractivity contribution in [1.82, 2.24) is 0 Å². The van der Waals surface area contributed by atoms with Crippen LogP contribution in [0.15, 0.2) is 30.3 Å². The monoisotopic (exact) mass is 278 g/mol. The van der Waals surface area contributed by atoms with E-state index in [1.165, 1.54) is 18.2 Å². The number of hydrogen-bond acceptors (Lipinski definition) is 3. The second kappa shape index (κ2) is 4.90. The molecule has 0 aliphatic rings. The maximum absolute atomic E-state index is 13.3. The van der Waals surface area contributed by atoms with E-state index in [0.29, 0.717) is 16.8 Å². The van der Waals surface area contributed by atoms with Crippen LogP contribution < -0.4 is 11.5 Å². The van der Waals surface area contributed by atoms with Crippen molar-refractivity contribution in [2.45, 2.75) is 6.92 Å². The molecule has 2 aromatic rings. The Hall–Kier alpha value is -2.07. The summed E-state index contributed by atoms with van der Waals surface area (Å²) in [5.74, 6) is -0.808. The largest absolute Gasteiger partial charge is 0.399 e. The third-order valence-corrected chi connectivity index (χ3v) is 3.13. The van der Waals surface area contributed by atoms with E-state index in [4.69, 9.17) is 23.1 Å². The van der Waals surface area contributed by atoms with Crippen LogP contribution in [0.2, 0.25) is 5.02 Å². The minimum absolute atomic E-state index is 0.0596. The van der Waals surface area contributed by atoms with Gasteiger partial charge in [0, 0.05) is 22.5 Å². The van der Waals surface area contributed by atoms with Gasteiger partial charge in [-0.1, -0.05) is 11.6 Å². The van der Waals surface area contributed by atoms with Gasteiger partial charge in [-0.15, -0.1) is 0 Å². The molecule has 98 valence electrons. The number of nitrogen functional groups attached to an aromatic ring is 2. The van der Waals surface area contributed by atoms with Gasteiger partial charge in [0.1, 0.15) is 5.82 Å². The first-order valence-electron chi connectivity index (χ1n) is 5.55. The third-order valence-electron chi connectivity index (χ3n) is 2.81. The summed E-state index contributed by atoms with van der Waals surface area (Å²) in [5.41, 5.74) is 12.9. The fourth-order valence-electron chi connectivity index (χ4n) is 1.76. The van der Waals surface area contributed by atoms with Crippen LogP contribution in [-0.4, -0.2) is 5.78 Å². The SMILES string of the molecule is Cc1cc(C(=O)c2ccc(N)cc2N)c(Cl)cc1F. The summed E-state index contributed by atoms with van der Waals surface area (Å²) < 4.78 is 13.3. The number of rotatable bonds is 2. The lowest BCUT2D eigenvalue weighted by atomic mass is 9.99. The lowest BCUT2D eigenvalue weighted by Crippen LogP contribution is -2.07. The molecule has 0 spiro atoms. The van der Waals surface area contributed by atoms with Crippen molar-refractivity contribution in [2.75, 3.05) is 11.5 Å². The Morgan fingerprint density at radius 3 is 2.47 bits per heavy atom. The number of carbonyl (C=O) groups excluding carboxylic acids is 1. The molecule has 0 unspecified atom stereocenters. The van der Waals surface area contributed by atoms with Gasteiger partial charge in [-0.05, 0) is 42.8 Å². The van der Waals surface area contributed by atoms with Crippen molar-refractivity contribution in [2.24, 2.45) is 0 Å². The number of benzene rings is 2. The molecule has 0 saturated heterocycles. The zero-order valence-corrected chi connectivity index (χ0v) is 11.0. The molecule has 3 nitrogen and oxygen atoms in total. The van der Waals surface area contributed by atoms with Crippen LogP contribution in [-0.2, 0) is 0 Å². The number of nitrogens with two attached hydrogens (primary N) is 2. The first kappa shape index (κ1) is 13.4. The van der Waals surface area contributed by atoms with Gasteiger partial charge < -0.3 is 11.5 Å². The molecule has 2 aromatic carbocycles. The predicted molar refractivity (Wildman–Crippen MR) is 74.8 cm³/mol. The van der Waals surface area contributed by atoms with Crippen LogP contribution in [0.5, 0.6) is 0 Å². The highest BCUT2D eigenvalue weighted by Gasteiger charge is 2.17. The Kier molecular flexibility index (Phi) is 3.44. The number of anilines is 2. The summed E-state index contributed by atoms with van der Waals surface area (Å²) >= 11 is 5.90. The number of halogens is 2. The maximum Gasteiger partial charge on any atom is 0.196 e. The molecule has 0 atom stereocenters. The maximum atomic E-state index is 13.3. The van der Waals surface area contributed by atoms with E-state index >= 15 is 0 Å². The van der Waals surface area contributed by atoms with E-state index in [0.717, 1.165) is 6.07 Å². The number of aryl methyl sites for hydroxylation is 1. The lowest BCUT2D eigenvalue weighted by molar-refractivity contribution is 0.103. The van der Waals surface area contributed by atoms with E-state index in [1.54, 1.807) is 13.0 Å². The van der Waals surface area contributed by atoms with Crippen LogP contribution in [0.1, 0.15) is 21.5 Å². The molecule has 0 fully saturated rings. The van der Waals surface area contributed by atoms with Gasteiger partial charge in [-0.3, -0.25) is 4.79 Å². The summed E-state index contributed by atoms with van der Waals surface area (Å²) in [5, 5.41) is 0.0596. The third kappa shape index (κ3) is 2.53. The molecular formula is C14H12ClFN2O. The summed E-state index contributed by atoms with van der Waals surface area (Å²) in [6, 6.07) is 7.14. The fraction of sp³-hybridized carbons (Fsp3) is 0.0714. The molecule has 0 aliphatic carbocycles. The highest BCUT2D eigenvalue weighted by molar-refractivity contribution is 6.35. The van der Waals surface area contributed by atoms with Crippen molar-refractivity contribution in [1.29, 1.82) is 0 Å². The minimum atomic E-state index is -0.452. The normalized spacial score (nSPS) is 10.5. The summed E-state index contributed by atoms with van der Waals surface area (Å²) in [6.07, 6.45) is 0. The highest BCUT2D eigenvalue weighted by atomic mass is 35.5. The first-order chi connectivity index (χ1) is 8.90. The van der Waals surface area contributed by atoms with Crippen LogP contribution in [0.4, 0.5) is 15.8 Å². The van der Waals surface area contributed by atoms with Crippen LogP contribution in [0, 0.1) is 12.7 Å². The first-order valence-corrected chi connectivity index (χ1v) is 5.93. The minimum Gasteiger partial charge on any atom is -0.399 e. The molecule has 0 saturated carbocycles. The molecule has 5 heteroatoms. The molecule has 4 N–H and O–H groups in total. The number of ketones is 1. The van der Waals surface area contributed by atoms with Crippen LogP contribution in [0.3, 0.4) is 0 Å². The van der Waals surface area contributed by atoms with E-state index < -0.39 is 5.82 Å². The van der Waals surface area contributed by atoms with Gasteiger partial charge in [-0.25, -0.2) is 4.39 Å². The van der Waals surface area contributed by atoms with Gasteiger partial charge in [0.15, 0.2) is 5.78 Å². The molecule has 2 rings (SSSR count). The lowest BCUT2D eigenvalue weighted by Gasteiger charge is -2.08. The van der Waals surface area contributed by atoms with Gasteiger partial charge in [0.2, 0.25) is 0 Å². The van der Waals surface area contributed by atoms with E-state index in [-0.39, 0.29) is 22.1 Å². The van der Waals surface area contributed by atoms with Crippen molar-refractivity contribution in [3.05, 3.63) is 57.9 Å². The quantitative estimate of drug-likeness (QED) is 0.655. The topological polar surface area (TPSA) is 69.1 Å². The van der Waals surface area contributed by atoms with Crippen molar-refractivity contribution in [3.8, 4) is 0 Å². The fourth-order valence-corrected chi connectivity index (χ4v) is 2.00. The molecule has 0 amide bonds. The average Bonchev–Trinajstić information content (AvgIpc) is 2.33. The van der Waals surface area contributed by atoms with Gasteiger partial charge >= 0.3 is 0 Å². The van der Waals surface area contributed by atoms with E-state index in [1.807, 2.05) is 0 Å². The van der Waals surface area contributed by atoms with Crippen LogP contribution >= 0.6 is 11.6 Å². The summed E-state index contributed by atoms with van der Waals surface area (Å²) in [7, 11) is 0. The van der Waals surface area contributed by atoms with Gasteiger partial charge in [0.05, 0.1) is 5.02 Å². The van der Waals surface area contributed by atoms with Gasteiger partial charge in [-0.2, -0.15) is 0 Å². The number of hydrogen-bond donors (Lipinski definition) is 2. The Balaban J connectivity index is 2.53. The van der Waals surface area contributed by atoms with Crippen molar-refractivity contribution >= 4 is 28.8 Å². The Bertz CT molecular complexity index is 671. The zero-order valence-electron chi connectivity index (χ0n) is 10.2. The Labute approximate surface area is 115 Å². The molecule has 0 heterocycles. The van der Waals surface area contributed by atoms with Crippen molar-refractivity contribution < 1.29 is 9.18 Å².